The number of hydrogen-bond acceptors (Lipinski definition) is 3. The zero-order valence-corrected chi connectivity index (χ0v) is 8.84. The van der Waals surface area contributed by atoms with Crippen molar-refractivity contribution in [3.63, 3.8) is 0 Å². The Morgan fingerprint density at radius 2 is 1.88 bits per heavy atom. The van der Waals surface area contributed by atoms with Crippen LogP contribution in [0.5, 0.6) is 0 Å². The number of carbonyl (C=O) groups excluding carboxylic acids is 1. The van der Waals surface area contributed by atoms with E-state index in [1.165, 1.54) is 0 Å². The molecule has 0 fully saturated rings. The quantitative estimate of drug-likeness (QED) is 0.643. The predicted molar refractivity (Wildman–Crippen MR) is 55.6 cm³/mol. The molecule has 0 aromatic rings. The van der Waals surface area contributed by atoms with Gasteiger partial charge in [0.2, 0.25) is 0 Å². The number of amides is 1. The first-order valence-corrected chi connectivity index (χ1v) is 4.55. The minimum atomic E-state index is -1.47. The molecule has 2 N–H and O–H groups in total. The summed E-state index contributed by atoms with van der Waals surface area (Å²) in [4.78, 5) is 33.4. The molecule has 0 aromatic heterocycles. The smallest absolute Gasteiger partial charge is 0.352 e. The molecule has 0 saturated heterocycles. The molecule has 1 amide bonds. The fraction of sp³-hybridized carbons (Fsp3) is 0.300. The topological polar surface area (TPSA) is 94.9 Å². The van der Waals surface area contributed by atoms with Crippen LogP contribution >= 0.6 is 0 Å². The van der Waals surface area contributed by atoms with E-state index in [1.54, 1.807) is 6.92 Å². The predicted octanol–water partition coefficient (Wildman–Crippen LogP) is 0.464. The second kappa shape index (κ2) is 6.39. The Hall–Kier alpha value is -2.11. The first-order chi connectivity index (χ1) is 7.43. The van der Waals surface area contributed by atoms with Crippen LogP contribution in [0.1, 0.15) is 13.3 Å². The van der Waals surface area contributed by atoms with Gasteiger partial charge >= 0.3 is 11.9 Å². The molecule has 0 aliphatic rings. The summed E-state index contributed by atoms with van der Waals surface area (Å²) in [5.41, 5.74) is -0.570. The van der Waals surface area contributed by atoms with E-state index in [0.717, 1.165) is 11.0 Å². The summed E-state index contributed by atoms with van der Waals surface area (Å²) >= 11 is 0. The van der Waals surface area contributed by atoms with Gasteiger partial charge in [-0.25, -0.2) is 9.59 Å². The van der Waals surface area contributed by atoms with Crippen LogP contribution in [-0.2, 0) is 14.4 Å². The van der Waals surface area contributed by atoms with Crippen LogP contribution in [-0.4, -0.2) is 39.5 Å². The fourth-order valence-corrected chi connectivity index (χ4v) is 1.06. The third-order valence-electron chi connectivity index (χ3n) is 1.66. The van der Waals surface area contributed by atoms with Crippen molar-refractivity contribution in [3.05, 3.63) is 24.4 Å². The third kappa shape index (κ3) is 3.95. The maximum absolute atomic E-state index is 11.3. The Balaban J connectivity index is 5.25. The van der Waals surface area contributed by atoms with Gasteiger partial charge in [-0.05, 0) is 12.5 Å². The number of rotatable bonds is 6. The SMILES string of the molecule is C=CC(=O)N(CCC)/C(=C/C(=O)O)C(=O)O. The molecule has 0 rings (SSSR count). The van der Waals surface area contributed by atoms with Gasteiger partial charge in [-0.1, -0.05) is 13.5 Å². The van der Waals surface area contributed by atoms with E-state index in [9.17, 15) is 14.4 Å². The van der Waals surface area contributed by atoms with Crippen molar-refractivity contribution in [2.24, 2.45) is 0 Å². The Bertz CT molecular complexity index is 345. The summed E-state index contributed by atoms with van der Waals surface area (Å²) in [6, 6.07) is 0. The van der Waals surface area contributed by atoms with Gasteiger partial charge in [0.05, 0.1) is 6.08 Å². The molecule has 16 heavy (non-hydrogen) atoms. The van der Waals surface area contributed by atoms with E-state index < -0.39 is 23.5 Å². The lowest BCUT2D eigenvalue weighted by Gasteiger charge is -2.20. The van der Waals surface area contributed by atoms with Crippen LogP contribution < -0.4 is 0 Å². The Morgan fingerprint density at radius 3 is 2.19 bits per heavy atom. The van der Waals surface area contributed by atoms with Crippen LogP contribution in [0.4, 0.5) is 0 Å². The summed E-state index contributed by atoms with van der Waals surface area (Å²) in [7, 11) is 0. The van der Waals surface area contributed by atoms with Crippen molar-refractivity contribution in [2.75, 3.05) is 6.54 Å². The maximum atomic E-state index is 11.3. The highest BCUT2D eigenvalue weighted by molar-refractivity contribution is 6.00. The minimum absolute atomic E-state index is 0.121. The van der Waals surface area contributed by atoms with Crippen molar-refractivity contribution in [1.82, 2.24) is 4.90 Å². The molecule has 0 aliphatic carbocycles. The van der Waals surface area contributed by atoms with Gasteiger partial charge < -0.3 is 15.1 Å². The summed E-state index contributed by atoms with van der Waals surface area (Å²) in [5, 5.41) is 17.3. The van der Waals surface area contributed by atoms with Gasteiger partial charge in [0.1, 0.15) is 5.70 Å². The highest BCUT2D eigenvalue weighted by atomic mass is 16.4. The van der Waals surface area contributed by atoms with E-state index in [4.69, 9.17) is 10.2 Å². The lowest BCUT2D eigenvalue weighted by Crippen LogP contribution is -2.33. The monoisotopic (exact) mass is 227 g/mol. The molecule has 0 aromatic carbocycles. The summed E-state index contributed by atoms with van der Waals surface area (Å²) in [6.45, 7) is 5.09. The average molecular weight is 227 g/mol. The molecule has 0 spiro atoms. The van der Waals surface area contributed by atoms with Crippen molar-refractivity contribution in [3.8, 4) is 0 Å². The van der Waals surface area contributed by atoms with Crippen molar-refractivity contribution in [1.29, 1.82) is 0 Å². The molecule has 0 aliphatic heterocycles. The highest BCUT2D eigenvalue weighted by Gasteiger charge is 2.21. The van der Waals surface area contributed by atoms with Gasteiger partial charge in [-0.3, -0.25) is 4.79 Å². The molecular formula is C10H13NO5. The van der Waals surface area contributed by atoms with Crippen LogP contribution in [0, 0.1) is 0 Å². The van der Waals surface area contributed by atoms with E-state index >= 15 is 0 Å². The standard InChI is InChI=1S/C10H13NO5/c1-3-5-11(8(12)4-2)7(10(15)16)6-9(13)14/h4,6H,2-3,5H2,1H3,(H,13,14)(H,15,16)/b7-6+. The van der Waals surface area contributed by atoms with Crippen LogP contribution in [0.25, 0.3) is 0 Å². The normalized spacial score (nSPS) is 10.7. The lowest BCUT2D eigenvalue weighted by atomic mass is 10.3. The number of aliphatic carboxylic acids is 2. The number of carboxylic acid groups (broad SMARTS) is 2. The molecule has 88 valence electrons. The number of carboxylic acids is 2. The Labute approximate surface area is 92.5 Å². The molecule has 0 radical (unpaired) electrons. The average Bonchev–Trinajstić information content (AvgIpc) is 2.21. The first kappa shape index (κ1) is 13.9. The molecular weight excluding hydrogens is 214 g/mol. The molecule has 0 unspecified atom stereocenters. The zero-order valence-electron chi connectivity index (χ0n) is 8.84. The zero-order chi connectivity index (χ0) is 12.7. The van der Waals surface area contributed by atoms with Crippen molar-refractivity contribution >= 4 is 17.8 Å². The first-order valence-electron chi connectivity index (χ1n) is 4.55. The summed E-state index contributed by atoms with van der Waals surface area (Å²) in [5.74, 6) is -3.53. The van der Waals surface area contributed by atoms with Crippen LogP contribution in [0.2, 0.25) is 0 Å². The third-order valence-corrected chi connectivity index (χ3v) is 1.66. The van der Waals surface area contributed by atoms with E-state index in [1.807, 2.05) is 0 Å². The molecule has 0 saturated carbocycles. The van der Waals surface area contributed by atoms with Gasteiger partial charge in [-0.2, -0.15) is 0 Å². The van der Waals surface area contributed by atoms with Gasteiger partial charge in [0.25, 0.3) is 5.91 Å². The fourth-order valence-electron chi connectivity index (χ4n) is 1.06. The maximum Gasteiger partial charge on any atom is 0.352 e. The second-order valence-corrected chi connectivity index (χ2v) is 2.87. The lowest BCUT2D eigenvalue weighted by molar-refractivity contribution is -0.139. The number of carbonyl (C=O) groups is 3. The molecule has 0 heterocycles. The molecule has 6 nitrogen and oxygen atoms in total. The summed E-state index contributed by atoms with van der Waals surface area (Å²) in [6.07, 6.45) is 1.93. The van der Waals surface area contributed by atoms with Crippen molar-refractivity contribution < 1.29 is 24.6 Å². The highest BCUT2D eigenvalue weighted by Crippen LogP contribution is 2.07. The molecule has 0 bridgehead atoms. The van der Waals surface area contributed by atoms with Gasteiger partial charge in [0, 0.05) is 6.54 Å². The Morgan fingerprint density at radius 1 is 1.31 bits per heavy atom. The van der Waals surface area contributed by atoms with Crippen molar-refractivity contribution in [2.45, 2.75) is 13.3 Å². The molecule has 0 atom stereocenters. The Kier molecular flexibility index (Phi) is 5.55. The summed E-state index contributed by atoms with van der Waals surface area (Å²) < 4.78 is 0. The minimum Gasteiger partial charge on any atom is -0.478 e. The largest absolute Gasteiger partial charge is 0.478 e. The van der Waals surface area contributed by atoms with Crippen LogP contribution in [0.15, 0.2) is 24.4 Å². The van der Waals surface area contributed by atoms with Gasteiger partial charge in [0.15, 0.2) is 0 Å². The number of hydrogen-bond donors (Lipinski definition) is 2. The second-order valence-electron chi connectivity index (χ2n) is 2.87. The van der Waals surface area contributed by atoms with E-state index in [2.05, 4.69) is 6.58 Å². The number of nitrogens with zero attached hydrogens (tertiary/aromatic N) is 1. The van der Waals surface area contributed by atoms with E-state index in [0.29, 0.717) is 12.5 Å². The van der Waals surface area contributed by atoms with E-state index in [-0.39, 0.29) is 6.54 Å². The van der Waals surface area contributed by atoms with Gasteiger partial charge in [-0.15, -0.1) is 0 Å². The molecule has 6 heteroatoms. The van der Waals surface area contributed by atoms with Crippen LogP contribution in [0.3, 0.4) is 0 Å².